The lowest BCUT2D eigenvalue weighted by Crippen LogP contribution is -2.04. The van der Waals surface area contributed by atoms with Crippen LogP contribution in [0.1, 0.15) is 22.2 Å². The summed E-state index contributed by atoms with van der Waals surface area (Å²) in [7, 11) is 0. The van der Waals surface area contributed by atoms with E-state index in [0.717, 1.165) is 12.7 Å². The van der Waals surface area contributed by atoms with Crippen molar-refractivity contribution >= 4 is 64.9 Å². The molecule has 0 fully saturated rings. The molecule has 1 aromatic heterocycles. The van der Waals surface area contributed by atoms with E-state index in [9.17, 15) is 4.79 Å². The number of carbonyl (C=O) groups is 1. The molecule has 2 rings (SSSR count). The minimum Gasteiger partial charge on any atom is -0.493 e. The van der Waals surface area contributed by atoms with Gasteiger partial charge in [0.15, 0.2) is 0 Å². The quantitative estimate of drug-likeness (QED) is 0.541. The van der Waals surface area contributed by atoms with Gasteiger partial charge in [-0.1, -0.05) is 15.9 Å². The fraction of sp³-hybridized carbons (Fsp3) is 0.154. The fourth-order valence-electron chi connectivity index (χ4n) is 1.55. The SMILES string of the molecule is CCOc1ccc(Br)cc1C(=O)c1cc(Br)c(Br)s1. The smallest absolute Gasteiger partial charge is 0.206 e. The molecule has 0 amide bonds. The number of halogens is 3. The zero-order valence-electron chi connectivity index (χ0n) is 9.88. The van der Waals surface area contributed by atoms with Crippen molar-refractivity contribution < 1.29 is 9.53 Å². The van der Waals surface area contributed by atoms with E-state index in [1.165, 1.54) is 11.3 Å². The van der Waals surface area contributed by atoms with E-state index >= 15 is 0 Å². The summed E-state index contributed by atoms with van der Waals surface area (Å²) in [5, 5.41) is 0. The third-order valence-electron chi connectivity index (χ3n) is 2.36. The van der Waals surface area contributed by atoms with Crippen molar-refractivity contribution in [1.29, 1.82) is 0 Å². The van der Waals surface area contributed by atoms with Gasteiger partial charge >= 0.3 is 0 Å². The molecule has 0 saturated heterocycles. The second-order valence-electron chi connectivity index (χ2n) is 3.63. The molecule has 19 heavy (non-hydrogen) atoms. The number of ketones is 1. The van der Waals surface area contributed by atoms with Crippen LogP contribution in [0.3, 0.4) is 0 Å². The van der Waals surface area contributed by atoms with Crippen LogP contribution in [0.5, 0.6) is 5.75 Å². The molecule has 1 aromatic carbocycles. The number of carbonyl (C=O) groups excluding carboxylic acids is 1. The van der Waals surface area contributed by atoms with Gasteiger partial charge < -0.3 is 4.74 Å². The Hall–Kier alpha value is -0.170. The van der Waals surface area contributed by atoms with Gasteiger partial charge in [0, 0.05) is 8.95 Å². The summed E-state index contributed by atoms with van der Waals surface area (Å²) in [6.45, 7) is 2.42. The van der Waals surface area contributed by atoms with E-state index in [2.05, 4.69) is 47.8 Å². The molecule has 0 spiro atoms. The Kier molecular flexibility index (Phi) is 5.22. The highest BCUT2D eigenvalue weighted by atomic mass is 79.9. The summed E-state index contributed by atoms with van der Waals surface area (Å²) in [6, 6.07) is 7.27. The lowest BCUT2D eigenvalue weighted by atomic mass is 10.1. The molecule has 0 aliphatic carbocycles. The van der Waals surface area contributed by atoms with Gasteiger partial charge in [0.2, 0.25) is 5.78 Å². The van der Waals surface area contributed by atoms with Gasteiger partial charge in [-0.3, -0.25) is 4.79 Å². The molecule has 0 radical (unpaired) electrons. The summed E-state index contributed by atoms with van der Waals surface area (Å²) in [5.74, 6) is 0.567. The molecule has 0 saturated carbocycles. The average molecular weight is 469 g/mol. The van der Waals surface area contributed by atoms with Gasteiger partial charge in [-0.15, -0.1) is 11.3 Å². The number of hydrogen-bond donors (Lipinski definition) is 0. The topological polar surface area (TPSA) is 26.3 Å². The van der Waals surface area contributed by atoms with Crippen LogP contribution in [-0.4, -0.2) is 12.4 Å². The molecule has 0 aliphatic rings. The molecule has 2 aromatic rings. The van der Waals surface area contributed by atoms with Gasteiger partial charge in [0.05, 0.1) is 20.8 Å². The predicted octanol–water partition coefficient (Wildman–Crippen LogP) is 5.67. The van der Waals surface area contributed by atoms with Crippen molar-refractivity contribution in [3.05, 3.63) is 47.4 Å². The molecule has 0 atom stereocenters. The largest absolute Gasteiger partial charge is 0.493 e. The summed E-state index contributed by atoms with van der Waals surface area (Å²) < 4.78 is 8.16. The summed E-state index contributed by atoms with van der Waals surface area (Å²) in [6.07, 6.45) is 0. The maximum absolute atomic E-state index is 12.5. The van der Waals surface area contributed by atoms with Gasteiger partial charge in [0.1, 0.15) is 5.75 Å². The number of rotatable bonds is 4. The van der Waals surface area contributed by atoms with Crippen molar-refractivity contribution in [1.82, 2.24) is 0 Å². The molecule has 0 aliphatic heterocycles. The second kappa shape index (κ2) is 6.52. The Morgan fingerprint density at radius 1 is 1.26 bits per heavy atom. The second-order valence-corrected chi connectivity index (χ2v) is 7.78. The lowest BCUT2D eigenvalue weighted by Gasteiger charge is -2.08. The molecule has 100 valence electrons. The van der Waals surface area contributed by atoms with Crippen molar-refractivity contribution in [2.75, 3.05) is 6.61 Å². The van der Waals surface area contributed by atoms with Gasteiger partial charge in [-0.05, 0) is 63.0 Å². The van der Waals surface area contributed by atoms with Gasteiger partial charge in [0.25, 0.3) is 0 Å². The van der Waals surface area contributed by atoms with Crippen molar-refractivity contribution in [3.8, 4) is 5.75 Å². The van der Waals surface area contributed by atoms with Gasteiger partial charge in [-0.2, -0.15) is 0 Å². The van der Waals surface area contributed by atoms with E-state index in [0.29, 0.717) is 22.8 Å². The summed E-state index contributed by atoms with van der Waals surface area (Å²) >= 11 is 11.6. The molecular weight excluding hydrogens is 460 g/mol. The van der Waals surface area contributed by atoms with Crippen molar-refractivity contribution in [2.24, 2.45) is 0 Å². The van der Waals surface area contributed by atoms with E-state index in [-0.39, 0.29) is 5.78 Å². The van der Waals surface area contributed by atoms with Crippen LogP contribution in [0.15, 0.2) is 37.0 Å². The average Bonchev–Trinajstić information content (AvgIpc) is 2.71. The first-order chi connectivity index (χ1) is 9.02. The monoisotopic (exact) mass is 466 g/mol. The maximum atomic E-state index is 12.5. The molecule has 0 unspecified atom stereocenters. The summed E-state index contributed by atoms with van der Waals surface area (Å²) in [4.78, 5) is 13.2. The van der Waals surface area contributed by atoms with E-state index < -0.39 is 0 Å². The zero-order valence-corrected chi connectivity index (χ0v) is 15.4. The molecular formula is C13H9Br3O2S. The number of ether oxygens (including phenoxy) is 1. The highest BCUT2D eigenvalue weighted by molar-refractivity contribution is 9.13. The lowest BCUT2D eigenvalue weighted by molar-refractivity contribution is 0.103. The minimum atomic E-state index is -0.0406. The molecule has 2 nitrogen and oxygen atoms in total. The number of hydrogen-bond acceptors (Lipinski definition) is 3. The van der Waals surface area contributed by atoms with E-state index in [4.69, 9.17) is 4.74 Å². The first kappa shape index (κ1) is 15.2. The predicted molar refractivity (Wildman–Crippen MR) is 88.5 cm³/mol. The first-order valence-electron chi connectivity index (χ1n) is 5.44. The molecule has 0 N–H and O–H groups in total. The number of benzene rings is 1. The molecule has 1 heterocycles. The van der Waals surface area contributed by atoms with Crippen LogP contribution in [0, 0.1) is 0 Å². The maximum Gasteiger partial charge on any atom is 0.206 e. The number of thiophene rings is 1. The molecule has 0 bridgehead atoms. The van der Waals surface area contributed by atoms with Crippen LogP contribution < -0.4 is 4.74 Å². The van der Waals surface area contributed by atoms with E-state index in [1.54, 1.807) is 12.1 Å². The van der Waals surface area contributed by atoms with E-state index in [1.807, 2.05) is 19.1 Å². The van der Waals surface area contributed by atoms with Crippen molar-refractivity contribution in [3.63, 3.8) is 0 Å². The normalized spacial score (nSPS) is 10.5. The first-order valence-corrected chi connectivity index (χ1v) is 8.64. The Balaban J connectivity index is 2.45. The van der Waals surface area contributed by atoms with Crippen LogP contribution in [0.2, 0.25) is 0 Å². The third-order valence-corrected chi connectivity index (χ3v) is 6.10. The minimum absolute atomic E-state index is 0.0406. The van der Waals surface area contributed by atoms with Gasteiger partial charge in [-0.25, -0.2) is 0 Å². The highest BCUT2D eigenvalue weighted by Crippen LogP contribution is 2.35. The Morgan fingerprint density at radius 2 is 2.00 bits per heavy atom. The van der Waals surface area contributed by atoms with Crippen molar-refractivity contribution in [2.45, 2.75) is 6.92 Å². The standard InChI is InChI=1S/C13H9Br3O2S/c1-2-18-10-4-3-7(14)5-8(10)12(17)11-6-9(15)13(16)19-11/h3-6H,2H2,1H3. The van der Waals surface area contributed by atoms with Crippen LogP contribution in [0.25, 0.3) is 0 Å². The Labute approximate surface area is 140 Å². The third kappa shape index (κ3) is 3.48. The Morgan fingerprint density at radius 3 is 2.58 bits per heavy atom. The molecule has 6 heteroatoms. The fourth-order valence-corrected chi connectivity index (χ4v) is 3.90. The summed E-state index contributed by atoms with van der Waals surface area (Å²) in [5.41, 5.74) is 0.567. The Bertz CT molecular complexity index is 603. The zero-order chi connectivity index (χ0) is 14.0. The van der Waals surface area contributed by atoms with Crippen LogP contribution in [0.4, 0.5) is 0 Å². The van der Waals surface area contributed by atoms with Crippen LogP contribution >= 0.6 is 59.1 Å². The van der Waals surface area contributed by atoms with Crippen LogP contribution in [-0.2, 0) is 0 Å². The highest BCUT2D eigenvalue weighted by Gasteiger charge is 2.18.